The predicted octanol–water partition coefficient (Wildman–Crippen LogP) is 8.70. The van der Waals surface area contributed by atoms with E-state index < -0.39 is 40.8 Å². The molecule has 0 aromatic heterocycles. The van der Waals surface area contributed by atoms with Gasteiger partial charge in [-0.05, 0) is 6.92 Å². The molecule has 0 fully saturated rings. The standard InChI is InChI=1S/C10H15F6P.C7H8S.C5H.C4F6.W/c1-4-17(5-2,6-3)8(10(14,15)16)7-9(11,12)13;1-6-2-4-7(8)5-3-6;1-2-4-5-3-1;5-3(6,7)1-2-4(8,9)10;/h4-6H2,1-3H3;2-5,8H,1H3;1H;;/q;;-5;;/p-1. The summed E-state index contributed by atoms with van der Waals surface area (Å²) in [6.07, 6.45) is -19.5. The second-order valence-electron chi connectivity index (χ2n) is 7.51. The molecule has 2 rings (SSSR count). The van der Waals surface area contributed by atoms with Crippen molar-refractivity contribution in [2.45, 2.75) is 57.3 Å². The summed E-state index contributed by atoms with van der Waals surface area (Å²) in [5.41, 5.74) is 1.26. The van der Waals surface area contributed by atoms with E-state index in [0.717, 1.165) is 4.90 Å². The van der Waals surface area contributed by atoms with Gasteiger partial charge in [0, 0.05) is 11.8 Å². The van der Waals surface area contributed by atoms with E-state index in [9.17, 15) is 52.7 Å². The Morgan fingerprint density at radius 1 is 0.756 bits per heavy atom. The second kappa shape index (κ2) is 18.1. The maximum absolute atomic E-state index is 13.0. The van der Waals surface area contributed by atoms with Crippen LogP contribution in [0.2, 0.25) is 0 Å². The third-order valence-corrected chi connectivity index (χ3v) is 12.2. The summed E-state index contributed by atoms with van der Waals surface area (Å²) in [7, 11) is 0. The van der Waals surface area contributed by atoms with Gasteiger partial charge in [0.1, 0.15) is 0 Å². The summed E-state index contributed by atoms with van der Waals surface area (Å²) in [5.74, 6) is 0.174. The van der Waals surface area contributed by atoms with Crippen LogP contribution in [0.4, 0.5) is 52.7 Å². The van der Waals surface area contributed by atoms with Crippen LogP contribution in [0.3, 0.4) is 0 Å². The zero-order chi connectivity index (χ0) is 32.7. The Kier molecular flexibility index (Phi) is 18.3. The average molecular weight is 810 g/mol. The average Bonchev–Trinajstić information content (AvgIpc) is 3.42. The van der Waals surface area contributed by atoms with Gasteiger partial charge in [-0.25, -0.2) is 0 Å². The molecular weight excluding hydrogens is 787 g/mol. The van der Waals surface area contributed by atoms with Gasteiger partial charge < -0.3 is 43.0 Å². The fourth-order valence-corrected chi connectivity index (χ4v) is 8.78. The molecule has 0 aliphatic heterocycles. The molecule has 0 aliphatic rings. The molecule has 0 bridgehead atoms. The maximum Gasteiger partial charge on any atom is 0.457 e. The van der Waals surface area contributed by atoms with Crippen molar-refractivity contribution in [2.75, 3.05) is 18.5 Å². The van der Waals surface area contributed by atoms with E-state index in [1.807, 2.05) is 24.3 Å². The van der Waals surface area contributed by atoms with Crippen LogP contribution in [0.15, 0.2) is 35.2 Å². The van der Waals surface area contributed by atoms with Crippen molar-refractivity contribution in [3.8, 4) is 11.8 Å². The van der Waals surface area contributed by atoms with Crippen molar-refractivity contribution in [1.29, 1.82) is 0 Å². The molecule has 2 aromatic rings. The van der Waals surface area contributed by atoms with Crippen LogP contribution in [-0.2, 0) is 32.0 Å². The van der Waals surface area contributed by atoms with Crippen molar-refractivity contribution >= 4 is 28.7 Å². The molecule has 0 N–H and O–H groups in total. The van der Waals surface area contributed by atoms with Crippen molar-refractivity contribution in [3.63, 3.8) is 0 Å². The molecule has 0 spiro atoms. The number of hydrogen-bond donors (Lipinski definition) is 0. The molecule has 0 saturated heterocycles. The first-order chi connectivity index (χ1) is 18.5. The molecule has 0 saturated carbocycles. The van der Waals surface area contributed by atoms with E-state index in [1.165, 1.54) is 5.56 Å². The Bertz CT molecular complexity index is 1050. The molecule has 0 amide bonds. The van der Waals surface area contributed by atoms with E-state index in [-0.39, 0.29) is 49.7 Å². The SMILES string of the molecule is CCP(CC)(CC)=C([C](=[W])C(F)(F)F)C(F)(F)F.Cc1ccc([S-])cc1.FC(F)(F)C#CC(F)(F)F.[c-]1[c-][c-][cH-][c-]1. The first-order valence-corrected chi connectivity index (χ1v) is 15.3. The number of aryl methyl sites for hydroxylation is 1. The van der Waals surface area contributed by atoms with Gasteiger partial charge in [-0.15, -0.1) is 0 Å². The third kappa shape index (κ3) is 19.2. The Balaban J connectivity index is 0. The molecular formula is C26H23F12PSW-6. The topological polar surface area (TPSA) is 0 Å². The Labute approximate surface area is 248 Å². The van der Waals surface area contributed by atoms with E-state index in [2.05, 4.69) is 31.2 Å². The van der Waals surface area contributed by atoms with Gasteiger partial charge in [0.2, 0.25) is 0 Å². The first-order valence-electron chi connectivity index (χ1n) is 11.1. The number of halogens is 12. The van der Waals surface area contributed by atoms with Gasteiger partial charge in [0.25, 0.3) is 0 Å². The van der Waals surface area contributed by atoms with Gasteiger partial charge in [-0.2, -0.15) is 31.2 Å². The zero-order valence-corrected chi connectivity index (χ0v) is 26.5. The number of hydrogen-bond acceptors (Lipinski definition) is 1. The summed E-state index contributed by atoms with van der Waals surface area (Å²) >= 11 is 4.71. The first kappa shape index (κ1) is 41.5. The molecule has 41 heavy (non-hydrogen) atoms. The molecule has 0 radical (unpaired) electrons. The van der Waals surface area contributed by atoms with Crippen LogP contribution in [0.25, 0.3) is 0 Å². The monoisotopic (exact) mass is 810 g/mol. The van der Waals surface area contributed by atoms with Gasteiger partial charge in [0.15, 0.2) is 0 Å². The van der Waals surface area contributed by atoms with E-state index in [0.29, 0.717) is 0 Å². The van der Waals surface area contributed by atoms with Crippen LogP contribution in [0.1, 0.15) is 26.3 Å². The quantitative estimate of drug-likeness (QED) is 0.0980. The zero-order valence-electron chi connectivity index (χ0n) is 21.8. The number of benzene rings is 1. The van der Waals surface area contributed by atoms with Crippen LogP contribution in [0.5, 0.6) is 0 Å². The molecule has 0 nitrogen and oxygen atoms in total. The Morgan fingerprint density at radius 3 is 1.32 bits per heavy atom. The van der Waals surface area contributed by atoms with Crippen molar-refractivity contribution in [1.82, 2.24) is 0 Å². The molecule has 234 valence electrons. The Morgan fingerprint density at radius 2 is 1.12 bits per heavy atom. The van der Waals surface area contributed by atoms with Gasteiger partial charge in [-0.3, -0.25) is 0 Å². The fraction of sp³-hybridized carbons (Fsp3) is 0.423. The van der Waals surface area contributed by atoms with Gasteiger partial charge >= 0.3 is 126 Å². The minimum atomic E-state index is -5.07. The molecule has 0 heterocycles. The van der Waals surface area contributed by atoms with Gasteiger partial charge in [0.05, 0.1) is 0 Å². The van der Waals surface area contributed by atoms with Crippen LogP contribution in [0, 0.1) is 43.0 Å². The largest absolute Gasteiger partial charge is 0.999 e. The molecule has 0 unspecified atom stereocenters. The molecule has 2 aromatic carbocycles. The molecule has 0 atom stereocenters. The van der Waals surface area contributed by atoms with Crippen molar-refractivity contribution < 1.29 is 72.0 Å². The summed E-state index contributed by atoms with van der Waals surface area (Å²) in [4.78, 5) is 0.913. The predicted molar refractivity (Wildman–Crippen MR) is 135 cm³/mol. The molecule has 15 heteroatoms. The van der Waals surface area contributed by atoms with Crippen LogP contribution in [-0.4, -0.2) is 52.4 Å². The van der Waals surface area contributed by atoms with Crippen LogP contribution >= 0.6 is 6.89 Å². The van der Waals surface area contributed by atoms with Crippen molar-refractivity contribution in [2.24, 2.45) is 0 Å². The maximum atomic E-state index is 13.0. The second-order valence-corrected chi connectivity index (χ2v) is 14.1. The summed E-state index contributed by atoms with van der Waals surface area (Å²) < 4.78 is 141. The smallest absolute Gasteiger partial charge is 0.457 e. The Hall–Kier alpha value is -1.63. The van der Waals surface area contributed by atoms with Crippen LogP contribution < -0.4 is 0 Å². The van der Waals surface area contributed by atoms with Gasteiger partial charge in [-0.1, -0.05) is 29.8 Å². The molecule has 0 aliphatic carbocycles. The van der Waals surface area contributed by atoms with E-state index in [1.54, 1.807) is 26.8 Å². The number of alkyl halides is 12. The summed E-state index contributed by atoms with van der Waals surface area (Å²) in [6.45, 7) is 3.92. The number of rotatable bonds is 4. The van der Waals surface area contributed by atoms with Crippen molar-refractivity contribution in [3.05, 3.63) is 60.2 Å². The van der Waals surface area contributed by atoms with E-state index in [4.69, 9.17) is 12.6 Å². The summed E-state index contributed by atoms with van der Waals surface area (Å²) in [6, 6.07) is 19.9. The fourth-order valence-electron chi connectivity index (χ4n) is 2.75. The summed E-state index contributed by atoms with van der Waals surface area (Å²) in [5, 5.41) is -1.27. The minimum Gasteiger partial charge on any atom is -0.999 e. The minimum absolute atomic E-state index is 0.0868. The van der Waals surface area contributed by atoms with E-state index >= 15 is 0 Å². The third-order valence-electron chi connectivity index (χ3n) is 4.75. The normalized spacial score (nSPS) is 11.7.